The maximum Gasteiger partial charge on any atom is 0.414 e. The predicted octanol–water partition coefficient (Wildman–Crippen LogP) is 2.55. The number of benzene rings is 1. The van der Waals surface area contributed by atoms with Crippen molar-refractivity contribution in [1.29, 1.82) is 0 Å². The molecule has 0 aliphatic carbocycles. The molecule has 1 aromatic rings. The third kappa shape index (κ3) is 2.24. The monoisotopic (exact) mass is 274 g/mol. The molecule has 0 spiro atoms. The van der Waals surface area contributed by atoms with Gasteiger partial charge < -0.3 is 9.64 Å². The Kier molecular flexibility index (Phi) is 3.34. The minimum atomic E-state index is -0.290. The van der Waals surface area contributed by atoms with Crippen molar-refractivity contribution in [3.63, 3.8) is 0 Å². The molecule has 5 nitrogen and oxygen atoms in total. The van der Waals surface area contributed by atoms with Crippen LogP contribution >= 0.6 is 0 Å². The van der Waals surface area contributed by atoms with Gasteiger partial charge in [-0.15, -0.1) is 0 Å². The molecule has 2 heterocycles. The molecule has 3 rings (SSSR count). The van der Waals surface area contributed by atoms with Crippen LogP contribution in [0.1, 0.15) is 26.2 Å². The number of hydrogen-bond donors (Lipinski definition) is 0. The molecule has 1 aromatic carbocycles. The minimum Gasteiger partial charge on any atom is -0.444 e. The lowest BCUT2D eigenvalue weighted by molar-refractivity contribution is -0.117. The van der Waals surface area contributed by atoms with E-state index in [2.05, 4.69) is 0 Å². The van der Waals surface area contributed by atoms with E-state index >= 15 is 0 Å². The molecule has 2 aliphatic rings. The number of anilines is 2. The molecule has 2 fully saturated rings. The van der Waals surface area contributed by atoms with E-state index in [0.29, 0.717) is 13.0 Å². The first kappa shape index (κ1) is 13.0. The van der Waals surface area contributed by atoms with Gasteiger partial charge in [0.2, 0.25) is 5.91 Å². The molecule has 5 heteroatoms. The Hall–Kier alpha value is -2.04. The summed E-state index contributed by atoms with van der Waals surface area (Å²) in [7, 11) is 0. The van der Waals surface area contributed by atoms with Crippen LogP contribution in [0.4, 0.5) is 16.2 Å². The Morgan fingerprint density at radius 3 is 2.30 bits per heavy atom. The first-order valence-corrected chi connectivity index (χ1v) is 7.07. The Morgan fingerprint density at radius 1 is 1.15 bits per heavy atom. The fourth-order valence-electron chi connectivity index (χ4n) is 2.68. The predicted molar refractivity (Wildman–Crippen MR) is 75.9 cm³/mol. The maximum atomic E-state index is 11.8. The van der Waals surface area contributed by atoms with Gasteiger partial charge in [-0.1, -0.05) is 6.92 Å². The van der Waals surface area contributed by atoms with Gasteiger partial charge >= 0.3 is 6.09 Å². The van der Waals surface area contributed by atoms with Gasteiger partial charge in [0.1, 0.15) is 6.10 Å². The summed E-state index contributed by atoms with van der Waals surface area (Å²) in [4.78, 5) is 26.9. The van der Waals surface area contributed by atoms with E-state index in [0.717, 1.165) is 30.8 Å². The van der Waals surface area contributed by atoms with Gasteiger partial charge in [0.05, 0.1) is 6.54 Å². The minimum absolute atomic E-state index is 0.0256. The zero-order valence-corrected chi connectivity index (χ0v) is 11.5. The van der Waals surface area contributed by atoms with E-state index in [9.17, 15) is 9.59 Å². The third-order valence-corrected chi connectivity index (χ3v) is 3.88. The summed E-state index contributed by atoms with van der Waals surface area (Å²) < 4.78 is 5.25. The van der Waals surface area contributed by atoms with E-state index in [4.69, 9.17) is 4.74 Å². The topological polar surface area (TPSA) is 49.9 Å². The van der Waals surface area contributed by atoms with Crippen LogP contribution in [-0.2, 0) is 9.53 Å². The lowest BCUT2D eigenvalue weighted by atomic mass is 10.2. The fraction of sp³-hybridized carbons (Fsp3) is 0.467. The molecule has 0 bridgehead atoms. The third-order valence-electron chi connectivity index (χ3n) is 3.88. The van der Waals surface area contributed by atoms with E-state index in [1.165, 1.54) is 0 Å². The van der Waals surface area contributed by atoms with E-state index < -0.39 is 0 Å². The maximum absolute atomic E-state index is 11.8. The normalized spacial score (nSPS) is 22.6. The average molecular weight is 274 g/mol. The fourth-order valence-corrected chi connectivity index (χ4v) is 2.68. The standard InChI is InChI=1S/C15H18N2O3/c1-2-13-10-17(15(19)20-13)12-7-5-11(6-8-12)16-9-3-4-14(16)18/h5-8,13H,2-4,9-10H2,1H3. The Morgan fingerprint density at radius 2 is 1.80 bits per heavy atom. The van der Waals surface area contributed by atoms with Gasteiger partial charge in [-0.05, 0) is 37.1 Å². The van der Waals surface area contributed by atoms with Gasteiger partial charge in [0, 0.05) is 24.3 Å². The molecule has 0 aromatic heterocycles. The highest BCUT2D eigenvalue weighted by Crippen LogP contribution is 2.27. The Bertz CT molecular complexity index is 526. The van der Waals surface area contributed by atoms with Gasteiger partial charge in [-0.2, -0.15) is 0 Å². The van der Waals surface area contributed by atoms with Crippen molar-refractivity contribution in [2.75, 3.05) is 22.9 Å². The number of nitrogens with zero attached hydrogens (tertiary/aromatic N) is 2. The summed E-state index contributed by atoms with van der Waals surface area (Å²) in [6.45, 7) is 3.38. The second-order valence-corrected chi connectivity index (χ2v) is 5.19. The molecule has 2 saturated heterocycles. The highest BCUT2D eigenvalue weighted by Gasteiger charge is 2.31. The molecule has 106 valence electrons. The van der Waals surface area contributed by atoms with Gasteiger partial charge in [0.15, 0.2) is 0 Å². The zero-order valence-electron chi connectivity index (χ0n) is 11.5. The Labute approximate surface area is 118 Å². The molecule has 1 atom stereocenters. The van der Waals surface area contributed by atoms with Crippen molar-refractivity contribution in [3.05, 3.63) is 24.3 Å². The first-order valence-electron chi connectivity index (χ1n) is 7.07. The molecule has 0 radical (unpaired) electrons. The summed E-state index contributed by atoms with van der Waals surface area (Å²) in [5.74, 6) is 0.171. The second-order valence-electron chi connectivity index (χ2n) is 5.19. The molecule has 20 heavy (non-hydrogen) atoms. The lowest BCUT2D eigenvalue weighted by Gasteiger charge is -2.18. The highest BCUT2D eigenvalue weighted by atomic mass is 16.6. The molecule has 0 saturated carbocycles. The number of rotatable bonds is 3. The second kappa shape index (κ2) is 5.15. The van der Waals surface area contributed by atoms with Crippen LogP contribution in [0.3, 0.4) is 0 Å². The quantitative estimate of drug-likeness (QED) is 0.851. The van der Waals surface area contributed by atoms with Crippen molar-refractivity contribution in [2.45, 2.75) is 32.3 Å². The number of carbonyl (C=O) groups is 2. The Balaban J connectivity index is 1.76. The summed E-state index contributed by atoms with van der Waals surface area (Å²) in [6, 6.07) is 7.54. The summed E-state index contributed by atoms with van der Waals surface area (Å²) in [5.41, 5.74) is 1.72. The molecule has 1 unspecified atom stereocenters. The number of cyclic esters (lactones) is 1. The summed E-state index contributed by atoms with van der Waals surface area (Å²) in [5, 5.41) is 0. The number of hydrogen-bond acceptors (Lipinski definition) is 3. The van der Waals surface area contributed by atoms with Crippen molar-refractivity contribution in [3.8, 4) is 0 Å². The van der Waals surface area contributed by atoms with Crippen LogP contribution in [0, 0.1) is 0 Å². The van der Waals surface area contributed by atoms with Crippen molar-refractivity contribution < 1.29 is 14.3 Å². The number of carbonyl (C=O) groups excluding carboxylic acids is 2. The number of amides is 2. The van der Waals surface area contributed by atoms with Crippen LogP contribution in [-0.4, -0.2) is 31.2 Å². The van der Waals surface area contributed by atoms with Gasteiger partial charge in [0.25, 0.3) is 0 Å². The molecule has 2 amide bonds. The van der Waals surface area contributed by atoms with E-state index in [1.807, 2.05) is 31.2 Å². The van der Waals surface area contributed by atoms with E-state index in [1.54, 1.807) is 9.80 Å². The zero-order chi connectivity index (χ0) is 14.1. The smallest absolute Gasteiger partial charge is 0.414 e. The summed E-state index contributed by atoms with van der Waals surface area (Å²) in [6.07, 6.45) is 2.04. The van der Waals surface area contributed by atoms with Crippen LogP contribution in [0.25, 0.3) is 0 Å². The van der Waals surface area contributed by atoms with Crippen molar-refractivity contribution >= 4 is 23.4 Å². The first-order chi connectivity index (χ1) is 9.69. The van der Waals surface area contributed by atoms with Crippen LogP contribution < -0.4 is 9.80 Å². The highest BCUT2D eigenvalue weighted by molar-refractivity contribution is 5.96. The van der Waals surface area contributed by atoms with Crippen LogP contribution in [0.2, 0.25) is 0 Å². The molecule has 2 aliphatic heterocycles. The van der Waals surface area contributed by atoms with Gasteiger partial charge in [-0.3, -0.25) is 9.69 Å². The molecule has 0 N–H and O–H groups in total. The van der Waals surface area contributed by atoms with Crippen LogP contribution in [0.15, 0.2) is 24.3 Å². The van der Waals surface area contributed by atoms with Gasteiger partial charge in [-0.25, -0.2) is 4.79 Å². The largest absolute Gasteiger partial charge is 0.444 e. The van der Waals surface area contributed by atoms with Crippen molar-refractivity contribution in [2.24, 2.45) is 0 Å². The molecular weight excluding hydrogens is 256 g/mol. The SMILES string of the molecule is CCC1CN(c2ccc(N3CCCC3=O)cc2)C(=O)O1. The summed E-state index contributed by atoms with van der Waals surface area (Å²) >= 11 is 0. The molecular formula is C15H18N2O3. The lowest BCUT2D eigenvalue weighted by Crippen LogP contribution is -2.25. The van der Waals surface area contributed by atoms with E-state index in [-0.39, 0.29) is 18.1 Å². The van der Waals surface area contributed by atoms with Crippen molar-refractivity contribution in [1.82, 2.24) is 0 Å². The number of ether oxygens (including phenoxy) is 1. The average Bonchev–Trinajstić information content (AvgIpc) is 3.05. The van der Waals surface area contributed by atoms with Crippen LogP contribution in [0.5, 0.6) is 0 Å².